The number of aromatic nitrogens is 4. The standard InChI is InChI=1S/C10H13N5O11P2/c11-10-13-8-7(9(18)14-10)12-4-15(8)6(2-17)25-5(1-16)3-24-28(22,23)26-27(19,20)21/h1-2,4-6H,3H2,(H,22,23)(H2,19,20,21)(H3,11,13,14,18). The second kappa shape index (κ2) is 8.38. The molecule has 0 amide bonds. The summed E-state index contributed by atoms with van der Waals surface area (Å²) in [6, 6.07) is 0. The molecular weight excluding hydrogens is 428 g/mol. The van der Waals surface area contributed by atoms with Crippen molar-refractivity contribution in [1.82, 2.24) is 19.5 Å². The highest BCUT2D eigenvalue weighted by molar-refractivity contribution is 7.60. The van der Waals surface area contributed by atoms with Crippen LogP contribution in [0.1, 0.15) is 6.23 Å². The molecule has 6 N–H and O–H groups in total. The molecule has 2 aromatic rings. The van der Waals surface area contributed by atoms with E-state index in [9.17, 15) is 28.4 Å². The molecule has 18 heteroatoms. The van der Waals surface area contributed by atoms with E-state index in [-0.39, 0.29) is 29.7 Å². The Balaban J connectivity index is 2.18. The summed E-state index contributed by atoms with van der Waals surface area (Å²) in [5.74, 6) is -0.282. The van der Waals surface area contributed by atoms with Gasteiger partial charge in [-0.2, -0.15) is 9.29 Å². The highest BCUT2D eigenvalue weighted by Crippen LogP contribution is 2.57. The first-order valence-corrected chi connectivity index (χ1v) is 10.0. The van der Waals surface area contributed by atoms with Gasteiger partial charge in [0, 0.05) is 0 Å². The molecule has 154 valence electrons. The Kier molecular flexibility index (Phi) is 6.59. The van der Waals surface area contributed by atoms with E-state index in [0.717, 1.165) is 10.9 Å². The molecule has 0 aliphatic rings. The third kappa shape index (κ3) is 5.60. The molecule has 2 rings (SSSR count). The van der Waals surface area contributed by atoms with Crippen molar-refractivity contribution in [1.29, 1.82) is 0 Å². The van der Waals surface area contributed by atoms with Crippen LogP contribution in [0.5, 0.6) is 0 Å². The van der Waals surface area contributed by atoms with Crippen molar-refractivity contribution in [2.45, 2.75) is 12.3 Å². The average molecular weight is 441 g/mol. The quantitative estimate of drug-likeness (QED) is 0.202. The zero-order chi connectivity index (χ0) is 21.1. The van der Waals surface area contributed by atoms with E-state index in [1.807, 2.05) is 0 Å². The Morgan fingerprint density at radius 2 is 1.96 bits per heavy atom. The summed E-state index contributed by atoms with van der Waals surface area (Å²) in [5, 5.41) is 0. The predicted molar refractivity (Wildman–Crippen MR) is 87.5 cm³/mol. The number of aldehydes is 2. The number of nitrogens with two attached hydrogens (primary N) is 1. The smallest absolute Gasteiger partial charge is 0.369 e. The Morgan fingerprint density at radius 1 is 1.29 bits per heavy atom. The fraction of sp³-hybridized carbons (Fsp3) is 0.300. The maximum absolute atomic E-state index is 11.7. The summed E-state index contributed by atoms with van der Waals surface area (Å²) in [6.45, 7) is -1.01. The van der Waals surface area contributed by atoms with Crippen molar-refractivity contribution in [3.05, 3.63) is 16.7 Å². The lowest BCUT2D eigenvalue weighted by Crippen LogP contribution is -2.27. The normalized spacial score (nSPS) is 16.4. The van der Waals surface area contributed by atoms with E-state index in [0.29, 0.717) is 0 Å². The second-order valence-corrected chi connectivity index (χ2v) is 7.78. The first kappa shape index (κ1) is 22.0. The maximum atomic E-state index is 11.7. The number of hydrogen-bond acceptors (Lipinski definition) is 11. The zero-order valence-electron chi connectivity index (χ0n) is 13.5. The third-order valence-electron chi connectivity index (χ3n) is 2.92. The molecule has 0 radical (unpaired) electrons. The van der Waals surface area contributed by atoms with E-state index in [4.69, 9.17) is 20.3 Å². The van der Waals surface area contributed by atoms with Gasteiger partial charge in [-0.25, -0.2) is 14.1 Å². The van der Waals surface area contributed by atoms with Crippen LogP contribution in [0.25, 0.3) is 11.2 Å². The molecule has 0 fully saturated rings. The number of nitrogen functional groups attached to an aromatic ring is 1. The molecule has 0 aromatic carbocycles. The summed E-state index contributed by atoms with van der Waals surface area (Å²) in [6.07, 6.45) is -1.96. The van der Waals surface area contributed by atoms with Crippen molar-refractivity contribution in [3.8, 4) is 0 Å². The number of fused-ring (bicyclic) bond motifs is 1. The fourth-order valence-electron chi connectivity index (χ4n) is 1.91. The minimum atomic E-state index is -5.35. The lowest BCUT2D eigenvalue weighted by molar-refractivity contribution is -0.139. The number of phosphoric ester groups is 1. The first-order valence-electron chi connectivity index (χ1n) is 6.98. The van der Waals surface area contributed by atoms with Crippen molar-refractivity contribution in [2.24, 2.45) is 0 Å². The molecule has 0 bridgehead atoms. The topological polar surface area (TPSA) is 246 Å². The summed E-state index contributed by atoms with van der Waals surface area (Å²) in [4.78, 5) is 70.1. The van der Waals surface area contributed by atoms with Crippen LogP contribution in [0.2, 0.25) is 0 Å². The Labute approximate surface area is 154 Å². The Hall–Kier alpha value is -2.29. The molecule has 0 aliphatic heterocycles. The average Bonchev–Trinajstić information content (AvgIpc) is 2.97. The molecule has 2 aromatic heterocycles. The summed E-state index contributed by atoms with van der Waals surface area (Å²) in [5.41, 5.74) is 4.39. The van der Waals surface area contributed by atoms with Crippen molar-refractivity contribution in [3.63, 3.8) is 0 Å². The van der Waals surface area contributed by atoms with Crippen LogP contribution in [0.15, 0.2) is 11.1 Å². The number of aromatic amines is 1. The molecule has 0 spiro atoms. The van der Waals surface area contributed by atoms with Gasteiger partial charge >= 0.3 is 15.6 Å². The van der Waals surface area contributed by atoms with Crippen molar-refractivity contribution < 1.29 is 47.0 Å². The lowest BCUT2D eigenvalue weighted by atomic mass is 10.4. The largest absolute Gasteiger partial charge is 0.481 e. The number of imidazole rings is 1. The number of carbonyl (C=O) groups is 2. The molecule has 16 nitrogen and oxygen atoms in total. The number of rotatable bonds is 10. The SMILES string of the molecule is Nc1nc2c(ncn2C(C=O)OC(C=O)COP(=O)(O)OP(=O)(O)O)c(=O)[nH]1. The number of nitrogens with one attached hydrogen (secondary N) is 1. The number of ether oxygens (including phenoxy) is 1. The number of H-pyrrole nitrogens is 1. The van der Waals surface area contributed by atoms with Crippen LogP contribution in [0, 0.1) is 0 Å². The van der Waals surface area contributed by atoms with Gasteiger partial charge in [0.2, 0.25) is 5.95 Å². The Morgan fingerprint density at radius 3 is 2.54 bits per heavy atom. The molecule has 28 heavy (non-hydrogen) atoms. The van der Waals surface area contributed by atoms with E-state index in [1.165, 1.54) is 0 Å². The lowest BCUT2D eigenvalue weighted by Gasteiger charge is -2.19. The molecular formula is C10H13N5O11P2. The van der Waals surface area contributed by atoms with Gasteiger partial charge in [0.25, 0.3) is 5.56 Å². The monoisotopic (exact) mass is 441 g/mol. The second-order valence-electron chi connectivity index (χ2n) is 4.95. The highest BCUT2D eigenvalue weighted by Gasteiger charge is 2.33. The summed E-state index contributed by atoms with van der Waals surface area (Å²) in [7, 11) is -10.6. The maximum Gasteiger partial charge on any atom is 0.481 e. The minimum Gasteiger partial charge on any atom is -0.369 e. The van der Waals surface area contributed by atoms with E-state index in [1.54, 1.807) is 0 Å². The van der Waals surface area contributed by atoms with Gasteiger partial charge in [-0.15, -0.1) is 0 Å². The van der Waals surface area contributed by atoms with Crippen molar-refractivity contribution in [2.75, 3.05) is 12.3 Å². The van der Waals surface area contributed by atoms with Gasteiger partial charge in [0.05, 0.1) is 12.9 Å². The van der Waals surface area contributed by atoms with Gasteiger partial charge in [0.1, 0.15) is 6.10 Å². The molecule has 0 aliphatic carbocycles. The van der Waals surface area contributed by atoms with Gasteiger partial charge in [-0.1, -0.05) is 0 Å². The summed E-state index contributed by atoms with van der Waals surface area (Å²) < 4.78 is 35.8. The van der Waals surface area contributed by atoms with E-state index < -0.39 is 40.1 Å². The van der Waals surface area contributed by atoms with Crippen molar-refractivity contribution >= 4 is 45.3 Å². The van der Waals surface area contributed by atoms with E-state index in [2.05, 4.69) is 23.8 Å². The zero-order valence-corrected chi connectivity index (χ0v) is 15.3. The molecule has 0 saturated carbocycles. The van der Waals surface area contributed by atoms with Crippen LogP contribution in [0.3, 0.4) is 0 Å². The summed E-state index contributed by atoms with van der Waals surface area (Å²) >= 11 is 0. The van der Waals surface area contributed by atoms with Crippen LogP contribution in [-0.4, -0.2) is 59.5 Å². The predicted octanol–water partition coefficient (Wildman–Crippen LogP) is -1.79. The van der Waals surface area contributed by atoms with Gasteiger partial charge in [-0.05, 0) is 0 Å². The van der Waals surface area contributed by atoms with Gasteiger partial charge in [-0.3, -0.25) is 23.7 Å². The Bertz CT molecular complexity index is 1030. The van der Waals surface area contributed by atoms with Crippen LogP contribution >= 0.6 is 15.6 Å². The third-order valence-corrected chi connectivity index (χ3v) is 5.07. The van der Waals surface area contributed by atoms with Gasteiger partial charge < -0.3 is 29.9 Å². The number of nitrogens with zero attached hydrogens (tertiary/aromatic N) is 3. The molecule has 2 heterocycles. The number of phosphoric acid groups is 2. The van der Waals surface area contributed by atoms with Crippen LogP contribution < -0.4 is 11.3 Å². The first-order chi connectivity index (χ1) is 13.0. The number of anilines is 1. The minimum absolute atomic E-state index is 0.0850. The highest BCUT2D eigenvalue weighted by atomic mass is 31.3. The molecule has 3 unspecified atom stereocenters. The number of carbonyl (C=O) groups excluding carboxylic acids is 2. The van der Waals surface area contributed by atoms with Crippen LogP contribution in [-0.2, 0) is 32.3 Å². The van der Waals surface area contributed by atoms with Gasteiger partial charge in [0.15, 0.2) is 30.0 Å². The van der Waals surface area contributed by atoms with Crippen LogP contribution in [0.4, 0.5) is 5.95 Å². The number of hydrogen-bond donors (Lipinski definition) is 5. The molecule has 0 saturated heterocycles. The fourth-order valence-corrected chi connectivity index (χ4v) is 3.51. The van der Waals surface area contributed by atoms with E-state index >= 15 is 0 Å². The molecule has 3 atom stereocenters.